The molecule has 0 saturated carbocycles. The Morgan fingerprint density at radius 2 is 2.36 bits per heavy atom. The average molecular weight is 311 g/mol. The third kappa shape index (κ3) is 2.26. The summed E-state index contributed by atoms with van der Waals surface area (Å²) >= 11 is 1.76. The first-order chi connectivity index (χ1) is 10.8. The van der Waals surface area contributed by atoms with Gasteiger partial charge in [0.1, 0.15) is 6.07 Å². The number of hydrogen-bond acceptors (Lipinski definition) is 5. The number of hydrogen-bond donors (Lipinski definition) is 1. The molecule has 6 nitrogen and oxygen atoms in total. The molecule has 4 rings (SSSR count). The highest BCUT2D eigenvalue weighted by Gasteiger charge is 2.20. The van der Waals surface area contributed by atoms with Gasteiger partial charge >= 0.3 is 0 Å². The normalized spacial score (nSPS) is 17.9. The number of H-pyrrole nitrogens is 1. The van der Waals surface area contributed by atoms with Gasteiger partial charge in [-0.1, -0.05) is 0 Å². The summed E-state index contributed by atoms with van der Waals surface area (Å²) in [6.07, 6.45) is 8.20. The summed E-state index contributed by atoms with van der Waals surface area (Å²) in [5, 5.41) is 20.9. The largest absolute Gasteiger partial charge is 0.380 e. The van der Waals surface area contributed by atoms with E-state index in [0.717, 1.165) is 41.2 Å². The second-order valence-electron chi connectivity index (χ2n) is 5.15. The van der Waals surface area contributed by atoms with Crippen molar-refractivity contribution in [2.75, 3.05) is 13.2 Å². The molecule has 22 heavy (non-hydrogen) atoms. The fourth-order valence-electron chi connectivity index (χ4n) is 2.61. The van der Waals surface area contributed by atoms with Crippen molar-refractivity contribution in [1.29, 1.82) is 5.26 Å². The van der Waals surface area contributed by atoms with Crippen LogP contribution in [-0.4, -0.2) is 38.3 Å². The fourth-order valence-corrected chi connectivity index (χ4v) is 3.86. The van der Waals surface area contributed by atoms with Crippen molar-refractivity contribution in [3.05, 3.63) is 36.4 Å². The second kappa shape index (κ2) is 5.48. The van der Waals surface area contributed by atoms with Crippen molar-refractivity contribution in [3.63, 3.8) is 0 Å². The van der Waals surface area contributed by atoms with Gasteiger partial charge < -0.3 is 4.74 Å². The molecule has 7 heteroatoms. The van der Waals surface area contributed by atoms with Crippen LogP contribution >= 0.6 is 11.8 Å². The molecule has 1 unspecified atom stereocenters. The lowest BCUT2D eigenvalue weighted by molar-refractivity contribution is 0.199. The summed E-state index contributed by atoms with van der Waals surface area (Å²) < 4.78 is 7.24. The Hall–Kier alpha value is -2.30. The Morgan fingerprint density at radius 1 is 1.41 bits per heavy atom. The predicted molar refractivity (Wildman–Crippen MR) is 82.6 cm³/mol. The highest BCUT2D eigenvalue weighted by Crippen LogP contribution is 2.35. The van der Waals surface area contributed by atoms with Gasteiger partial charge in [0.15, 0.2) is 0 Å². The third-order valence-corrected chi connectivity index (χ3v) is 4.98. The number of pyridine rings is 1. The van der Waals surface area contributed by atoms with E-state index in [4.69, 9.17) is 4.74 Å². The molecule has 0 spiro atoms. The monoisotopic (exact) mass is 311 g/mol. The Morgan fingerprint density at radius 3 is 3.09 bits per heavy atom. The third-order valence-electron chi connectivity index (χ3n) is 3.71. The van der Waals surface area contributed by atoms with E-state index in [2.05, 4.69) is 27.4 Å². The van der Waals surface area contributed by atoms with Crippen LogP contribution in [0, 0.1) is 11.3 Å². The van der Waals surface area contributed by atoms with E-state index in [-0.39, 0.29) is 0 Å². The summed E-state index contributed by atoms with van der Waals surface area (Å²) in [5.41, 5.74) is 3.49. The maximum atomic E-state index is 9.31. The molecule has 0 aliphatic carbocycles. The molecular weight excluding hydrogens is 298 g/mol. The van der Waals surface area contributed by atoms with Crippen molar-refractivity contribution in [2.45, 2.75) is 16.6 Å². The first-order valence-electron chi connectivity index (χ1n) is 7.00. The predicted octanol–water partition coefficient (Wildman–Crippen LogP) is 2.48. The molecule has 0 aromatic carbocycles. The Balaban J connectivity index is 1.86. The minimum Gasteiger partial charge on any atom is -0.380 e. The topological polar surface area (TPSA) is 79.0 Å². The van der Waals surface area contributed by atoms with E-state index < -0.39 is 0 Å². The quantitative estimate of drug-likeness (QED) is 0.804. The van der Waals surface area contributed by atoms with Gasteiger partial charge in [-0.05, 0) is 12.5 Å². The molecule has 0 bridgehead atoms. The molecule has 1 aliphatic rings. The standard InChI is InChI=1S/C15H13N5OS/c16-4-11-7-19-20-8-10(12-5-17-18-6-12)3-14(15(11)20)22-13-1-2-21-9-13/h3,5-8,13H,1-2,9H2,(H,17,18). The molecule has 1 aliphatic heterocycles. The summed E-state index contributed by atoms with van der Waals surface area (Å²) in [6, 6.07) is 4.33. The molecule has 4 heterocycles. The van der Waals surface area contributed by atoms with Gasteiger partial charge in [-0.2, -0.15) is 15.5 Å². The van der Waals surface area contributed by atoms with Crippen molar-refractivity contribution < 1.29 is 4.74 Å². The minimum absolute atomic E-state index is 0.421. The molecular formula is C15H13N5OS. The van der Waals surface area contributed by atoms with Crippen molar-refractivity contribution in [3.8, 4) is 17.2 Å². The smallest absolute Gasteiger partial charge is 0.103 e. The average Bonchev–Trinajstić information content (AvgIpc) is 3.28. The lowest BCUT2D eigenvalue weighted by atomic mass is 10.1. The molecule has 1 N–H and O–H groups in total. The molecule has 1 atom stereocenters. The maximum Gasteiger partial charge on any atom is 0.103 e. The van der Waals surface area contributed by atoms with Crippen LogP contribution in [0.2, 0.25) is 0 Å². The second-order valence-corrected chi connectivity index (χ2v) is 6.49. The highest BCUT2D eigenvalue weighted by molar-refractivity contribution is 8.00. The minimum atomic E-state index is 0.421. The van der Waals surface area contributed by atoms with Gasteiger partial charge in [-0.15, -0.1) is 11.8 Å². The van der Waals surface area contributed by atoms with Gasteiger partial charge in [0.25, 0.3) is 0 Å². The van der Waals surface area contributed by atoms with E-state index in [1.165, 1.54) is 0 Å². The van der Waals surface area contributed by atoms with Crippen LogP contribution in [0.5, 0.6) is 0 Å². The van der Waals surface area contributed by atoms with E-state index in [0.29, 0.717) is 10.8 Å². The fraction of sp³-hybridized carbons (Fsp3) is 0.267. The SMILES string of the molecule is N#Cc1cnn2cc(-c3cn[nH]c3)cc(SC3CCOC3)c12. The van der Waals surface area contributed by atoms with Gasteiger partial charge in [0.2, 0.25) is 0 Å². The molecule has 110 valence electrons. The summed E-state index contributed by atoms with van der Waals surface area (Å²) in [4.78, 5) is 1.06. The van der Waals surface area contributed by atoms with Gasteiger partial charge in [0.05, 0.1) is 30.1 Å². The highest BCUT2D eigenvalue weighted by atomic mass is 32.2. The lowest BCUT2D eigenvalue weighted by Crippen LogP contribution is -2.01. The van der Waals surface area contributed by atoms with E-state index >= 15 is 0 Å². The Bertz CT molecular complexity index is 843. The number of rotatable bonds is 3. The van der Waals surface area contributed by atoms with Gasteiger partial charge in [-0.3, -0.25) is 5.10 Å². The molecule has 3 aromatic heterocycles. The van der Waals surface area contributed by atoms with Crippen LogP contribution in [0.4, 0.5) is 0 Å². The van der Waals surface area contributed by atoms with Crippen molar-refractivity contribution >= 4 is 17.3 Å². The maximum absolute atomic E-state index is 9.31. The van der Waals surface area contributed by atoms with Gasteiger partial charge in [0, 0.05) is 40.3 Å². The summed E-state index contributed by atoms with van der Waals surface area (Å²) in [7, 11) is 0. The molecule has 0 radical (unpaired) electrons. The summed E-state index contributed by atoms with van der Waals surface area (Å²) in [6.45, 7) is 1.56. The van der Waals surface area contributed by atoms with Crippen LogP contribution in [0.25, 0.3) is 16.6 Å². The molecule has 0 amide bonds. The number of nitrogens with one attached hydrogen (secondary N) is 1. The number of aromatic nitrogens is 4. The Kier molecular flexibility index (Phi) is 3.33. The van der Waals surface area contributed by atoms with Crippen molar-refractivity contribution in [1.82, 2.24) is 19.8 Å². The first-order valence-corrected chi connectivity index (χ1v) is 7.88. The zero-order valence-electron chi connectivity index (χ0n) is 11.7. The first kappa shape index (κ1) is 13.4. The lowest BCUT2D eigenvalue weighted by Gasteiger charge is -2.11. The molecule has 1 saturated heterocycles. The zero-order valence-corrected chi connectivity index (χ0v) is 12.5. The number of nitriles is 1. The van der Waals surface area contributed by atoms with Crippen LogP contribution in [-0.2, 0) is 4.74 Å². The molecule has 3 aromatic rings. The summed E-state index contributed by atoms with van der Waals surface area (Å²) in [5.74, 6) is 0. The van der Waals surface area contributed by atoms with E-state index in [1.807, 2.05) is 12.4 Å². The van der Waals surface area contributed by atoms with E-state index in [1.54, 1.807) is 28.7 Å². The number of aromatic amines is 1. The number of ether oxygens (including phenoxy) is 1. The number of fused-ring (bicyclic) bond motifs is 1. The van der Waals surface area contributed by atoms with E-state index in [9.17, 15) is 5.26 Å². The molecule has 1 fully saturated rings. The van der Waals surface area contributed by atoms with Crippen LogP contribution in [0.1, 0.15) is 12.0 Å². The van der Waals surface area contributed by atoms with Crippen LogP contribution in [0.3, 0.4) is 0 Å². The van der Waals surface area contributed by atoms with Crippen molar-refractivity contribution in [2.24, 2.45) is 0 Å². The number of thioether (sulfide) groups is 1. The number of nitrogens with zero attached hydrogens (tertiary/aromatic N) is 4. The Labute approximate surface area is 131 Å². The zero-order chi connectivity index (χ0) is 14.9. The van der Waals surface area contributed by atoms with Crippen LogP contribution < -0.4 is 0 Å². The van der Waals surface area contributed by atoms with Crippen LogP contribution in [0.15, 0.2) is 35.7 Å². The van der Waals surface area contributed by atoms with Gasteiger partial charge in [-0.25, -0.2) is 4.52 Å².